The van der Waals surface area contributed by atoms with Crippen molar-refractivity contribution in [1.82, 2.24) is 14.5 Å². The Morgan fingerprint density at radius 2 is 1.50 bits per heavy atom. The number of benzene rings is 1. The van der Waals surface area contributed by atoms with Gasteiger partial charge in [0.15, 0.2) is 6.10 Å². The van der Waals surface area contributed by atoms with Crippen LogP contribution in [0, 0.1) is 0 Å². The van der Waals surface area contributed by atoms with Crippen LogP contribution in [0.25, 0.3) is 10.9 Å². The molecule has 0 radical (unpaired) electrons. The average Bonchev–Trinajstić information content (AvgIpc) is 2.77. The van der Waals surface area contributed by atoms with E-state index in [1.54, 1.807) is 25.7 Å². The molecule has 1 aromatic carbocycles. The molecule has 1 atom stereocenters. The fourth-order valence-corrected chi connectivity index (χ4v) is 4.08. The van der Waals surface area contributed by atoms with Gasteiger partial charge in [-0.25, -0.2) is 14.6 Å². The molecule has 1 aliphatic rings. The molecule has 1 saturated heterocycles. The normalized spacial score (nSPS) is 15.9. The number of aromatic nitrogens is 2. The van der Waals surface area contributed by atoms with Gasteiger partial charge in [-0.1, -0.05) is 0 Å². The Bertz CT molecular complexity index is 1210. The summed E-state index contributed by atoms with van der Waals surface area (Å²) < 4.78 is 18.4. The molecule has 210 valence electrons. The maximum absolute atomic E-state index is 13.5. The number of hydrogen-bond donors (Lipinski definition) is 0. The molecule has 0 N–H and O–H groups in total. The Hall–Kier alpha value is -3.14. The summed E-state index contributed by atoms with van der Waals surface area (Å²) in [7, 11) is 0. The fraction of sp³-hybridized carbons (Fsp3) is 0.643. The van der Waals surface area contributed by atoms with Gasteiger partial charge < -0.3 is 24.0 Å². The Labute approximate surface area is 224 Å². The van der Waals surface area contributed by atoms with Gasteiger partial charge in [0, 0.05) is 31.9 Å². The highest BCUT2D eigenvalue weighted by Crippen LogP contribution is 2.22. The summed E-state index contributed by atoms with van der Waals surface area (Å²) in [5.74, 6) is -0.531. The second-order valence-corrected chi connectivity index (χ2v) is 12.6. The average molecular weight is 531 g/mol. The zero-order chi connectivity index (χ0) is 28.5. The van der Waals surface area contributed by atoms with E-state index in [0.717, 1.165) is 5.69 Å². The molecule has 10 heteroatoms. The van der Waals surface area contributed by atoms with Gasteiger partial charge in [-0.2, -0.15) is 0 Å². The van der Waals surface area contributed by atoms with Crippen LogP contribution in [-0.2, 0) is 25.5 Å². The predicted molar refractivity (Wildman–Crippen MR) is 146 cm³/mol. The van der Waals surface area contributed by atoms with Crippen molar-refractivity contribution in [2.24, 2.45) is 0 Å². The van der Waals surface area contributed by atoms with Crippen molar-refractivity contribution < 1.29 is 23.8 Å². The number of amides is 1. The maximum Gasteiger partial charge on any atom is 0.410 e. The van der Waals surface area contributed by atoms with Crippen LogP contribution in [-0.4, -0.2) is 75.6 Å². The lowest BCUT2D eigenvalue weighted by Crippen LogP contribution is -2.50. The molecule has 0 saturated carbocycles. The number of nitrogens with zero attached hydrogens (tertiary/aromatic N) is 4. The van der Waals surface area contributed by atoms with Crippen molar-refractivity contribution in [2.45, 2.75) is 91.8 Å². The van der Waals surface area contributed by atoms with E-state index < -0.39 is 28.9 Å². The van der Waals surface area contributed by atoms with Gasteiger partial charge in [-0.05, 0) is 80.5 Å². The Morgan fingerprint density at radius 1 is 0.895 bits per heavy atom. The molecule has 2 aromatic rings. The smallest absolute Gasteiger partial charge is 0.410 e. The second kappa shape index (κ2) is 10.9. The molecule has 1 aromatic heterocycles. The van der Waals surface area contributed by atoms with Crippen molar-refractivity contribution in [3.8, 4) is 0 Å². The topological polar surface area (TPSA) is 103 Å². The third kappa shape index (κ3) is 8.18. The van der Waals surface area contributed by atoms with E-state index in [1.165, 1.54) is 10.9 Å². The highest BCUT2D eigenvalue weighted by atomic mass is 16.6. The van der Waals surface area contributed by atoms with Crippen molar-refractivity contribution in [1.29, 1.82) is 0 Å². The lowest BCUT2D eigenvalue weighted by atomic mass is 10.1. The van der Waals surface area contributed by atoms with Gasteiger partial charge in [0.05, 0.1) is 29.4 Å². The molecule has 0 bridgehead atoms. The standard InChI is InChI=1S/C28H42N4O6/c1-26(2,3)36-22(24(34)37-27(4,5)6)17-32-18-29-21-11-10-19(16-20(21)23(32)33)30-12-14-31(15-13-30)25(35)38-28(7,8)9/h10-11,16,18,22H,12-15,17H2,1-9H3. The molecule has 10 nitrogen and oxygen atoms in total. The maximum atomic E-state index is 13.5. The van der Waals surface area contributed by atoms with E-state index >= 15 is 0 Å². The number of ether oxygens (including phenoxy) is 3. The molecular weight excluding hydrogens is 488 g/mol. The van der Waals surface area contributed by atoms with Crippen molar-refractivity contribution in [2.75, 3.05) is 31.1 Å². The Balaban J connectivity index is 1.81. The Kier molecular flexibility index (Phi) is 8.45. The van der Waals surface area contributed by atoms with Crippen molar-refractivity contribution in [3.05, 3.63) is 34.9 Å². The van der Waals surface area contributed by atoms with Crippen molar-refractivity contribution in [3.63, 3.8) is 0 Å². The molecule has 0 spiro atoms. The molecule has 38 heavy (non-hydrogen) atoms. The number of esters is 1. The fourth-order valence-electron chi connectivity index (χ4n) is 4.08. The molecule has 1 unspecified atom stereocenters. The quantitative estimate of drug-likeness (QED) is 0.535. The van der Waals surface area contributed by atoms with Crippen LogP contribution in [0.3, 0.4) is 0 Å². The van der Waals surface area contributed by atoms with Crippen LogP contribution in [0.15, 0.2) is 29.3 Å². The van der Waals surface area contributed by atoms with Gasteiger partial charge in [0.25, 0.3) is 5.56 Å². The first-order chi connectivity index (χ1) is 17.4. The van der Waals surface area contributed by atoms with Gasteiger partial charge in [-0.15, -0.1) is 0 Å². The largest absolute Gasteiger partial charge is 0.458 e. The summed E-state index contributed by atoms with van der Waals surface area (Å²) in [5.41, 5.74) is -0.689. The zero-order valence-corrected chi connectivity index (χ0v) is 24.2. The second-order valence-electron chi connectivity index (χ2n) is 12.6. The molecule has 0 aliphatic carbocycles. The number of anilines is 1. The highest BCUT2D eigenvalue weighted by Gasteiger charge is 2.31. The molecule has 2 heterocycles. The summed E-state index contributed by atoms with van der Waals surface area (Å²) in [6.45, 7) is 18.7. The van der Waals surface area contributed by atoms with Gasteiger partial charge in [-0.3, -0.25) is 9.36 Å². The van der Waals surface area contributed by atoms with Crippen LogP contribution in [0.5, 0.6) is 0 Å². The first kappa shape index (κ1) is 29.4. The van der Waals surface area contributed by atoms with Crippen molar-refractivity contribution >= 4 is 28.7 Å². The minimum absolute atomic E-state index is 0.0211. The number of carbonyl (C=O) groups is 2. The monoisotopic (exact) mass is 530 g/mol. The number of hydrogen-bond acceptors (Lipinski definition) is 8. The third-order valence-electron chi connectivity index (χ3n) is 5.63. The van der Waals surface area contributed by atoms with E-state index in [4.69, 9.17) is 14.2 Å². The van der Waals surface area contributed by atoms with Gasteiger partial charge in [0.1, 0.15) is 11.2 Å². The Morgan fingerprint density at radius 3 is 2.05 bits per heavy atom. The summed E-state index contributed by atoms with van der Waals surface area (Å²) in [6, 6.07) is 5.56. The van der Waals surface area contributed by atoms with Gasteiger partial charge >= 0.3 is 12.1 Å². The molecule has 1 aliphatic heterocycles. The minimum Gasteiger partial charge on any atom is -0.458 e. The zero-order valence-electron chi connectivity index (χ0n) is 24.2. The third-order valence-corrected chi connectivity index (χ3v) is 5.63. The first-order valence-electron chi connectivity index (χ1n) is 13.0. The number of rotatable bonds is 5. The predicted octanol–water partition coefficient (Wildman–Crippen LogP) is 3.98. The number of piperazine rings is 1. The molecule has 3 rings (SSSR count). The van der Waals surface area contributed by atoms with E-state index in [0.29, 0.717) is 37.1 Å². The first-order valence-corrected chi connectivity index (χ1v) is 13.0. The van der Waals surface area contributed by atoms with Crippen LogP contribution >= 0.6 is 0 Å². The van der Waals surface area contributed by atoms with E-state index in [1.807, 2.05) is 59.7 Å². The SMILES string of the molecule is CC(C)(C)OC(=O)C(Cn1cnc2ccc(N3CCN(C(=O)OC(C)(C)C)CC3)cc2c1=O)OC(C)(C)C. The van der Waals surface area contributed by atoms with Crippen LogP contribution in [0.4, 0.5) is 10.5 Å². The number of carbonyl (C=O) groups excluding carboxylic acids is 2. The lowest BCUT2D eigenvalue weighted by Gasteiger charge is -2.36. The van der Waals surface area contributed by atoms with E-state index in [9.17, 15) is 14.4 Å². The number of fused-ring (bicyclic) bond motifs is 1. The summed E-state index contributed by atoms with van der Waals surface area (Å²) in [6.07, 6.45) is 0.142. The highest BCUT2D eigenvalue weighted by molar-refractivity contribution is 5.82. The van der Waals surface area contributed by atoms with Crippen LogP contribution in [0.1, 0.15) is 62.3 Å². The molecular formula is C28H42N4O6. The van der Waals surface area contributed by atoms with E-state index in [-0.39, 0.29) is 18.2 Å². The van der Waals surface area contributed by atoms with Crippen LogP contribution < -0.4 is 10.5 Å². The van der Waals surface area contributed by atoms with Crippen LogP contribution in [0.2, 0.25) is 0 Å². The lowest BCUT2D eigenvalue weighted by molar-refractivity contribution is -0.178. The summed E-state index contributed by atoms with van der Waals surface area (Å²) in [4.78, 5) is 47.1. The summed E-state index contributed by atoms with van der Waals surface area (Å²) in [5, 5.41) is 0.443. The molecule has 1 fully saturated rings. The van der Waals surface area contributed by atoms with Gasteiger partial charge in [0.2, 0.25) is 0 Å². The summed E-state index contributed by atoms with van der Waals surface area (Å²) >= 11 is 0. The minimum atomic E-state index is -0.977. The molecule has 1 amide bonds. The van der Waals surface area contributed by atoms with E-state index in [2.05, 4.69) is 9.88 Å².